The first-order valence-corrected chi connectivity index (χ1v) is 5.45. The van der Waals surface area contributed by atoms with Gasteiger partial charge in [0.15, 0.2) is 0 Å². The van der Waals surface area contributed by atoms with Crippen molar-refractivity contribution in [1.82, 2.24) is 0 Å². The number of carbonyl (C=O) groups is 1. The molecule has 1 aromatic rings. The van der Waals surface area contributed by atoms with Gasteiger partial charge < -0.3 is 9.84 Å². The van der Waals surface area contributed by atoms with Crippen LogP contribution in [0.3, 0.4) is 0 Å². The molecule has 0 saturated carbocycles. The molecule has 1 rings (SSSR count). The topological polar surface area (TPSA) is 46.5 Å². The Morgan fingerprint density at radius 1 is 1.38 bits per heavy atom. The van der Waals surface area contributed by atoms with E-state index in [1.54, 1.807) is 0 Å². The fraction of sp³-hybridized carbons (Fsp3) is 0.462. The normalized spacial score (nSPS) is 10.4. The van der Waals surface area contributed by atoms with Crippen LogP contribution >= 0.6 is 0 Å². The molecule has 88 valence electrons. The first kappa shape index (κ1) is 12.7. The number of carboxylic acids is 1. The van der Waals surface area contributed by atoms with Crippen LogP contribution in [0.15, 0.2) is 18.2 Å². The minimum Gasteiger partial charge on any atom is -0.481 e. The van der Waals surface area contributed by atoms with Gasteiger partial charge in [-0.25, -0.2) is 0 Å². The summed E-state index contributed by atoms with van der Waals surface area (Å²) in [7, 11) is 0. The Hall–Kier alpha value is -1.35. The Kier molecular flexibility index (Phi) is 4.99. The first-order valence-electron chi connectivity index (χ1n) is 5.45. The van der Waals surface area contributed by atoms with Gasteiger partial charge in [-0.15, -0.1) is 0 Å². The van der Waals surface area contributed by atoms with Crippen LogP contribution in [0.25, 0.3) is 0 Å². The van der Waals surface area contributed by atoms with Crippen LogP contribution in [0.2, 0.25) is 0 Å². The molecule has 0 radical (unpaired) electrons. The molecule has 0 aliphatic heterocycles. The number of rotatable bonds is 6. The minimum absolute atomic E-state index is 0.173. The lowest BCUT2D eigenvalue weighted by molar-refractivity contribution is -0.137. The summed E-state index contributed by atoms with van der Waals surface area (Å²) >= 11 is 0. The third-order valence-electron chi connectivity index (χ3n) is 2.43. The monoisotopic (exact) mass is 222 g/mol. The van der Waals surface area contributed by atoms with Crippen molar-refractivity contribution in [2.75, 3.05) is 6.61 Å². The van der Waals surface area contributed by atoms with E-state index in [1.165, 1.54) is 16.7 Å². The fourth-order valence-corrected chi connectivity index (χ4v) is 1.52. The SMILES string of the molecule is Cc1ccc(COCCCC(=O)O)c(C)c1. The maximum atomic E-state index is 10.3. The molecular weight excluding hydrogens is 204 g/mol. The smallest absolute Gasteiger partial charge is 0.303 e. The van der Waals surface area contributed by atoms with Crippen LogP contribution in [0.1, 0.15) is 29.5 Å². The first-order chi connectivity index (χ1) is 7.59. The van der Waals surface area contributed by atoms with E-state index in [0.29, 0.717) is 19.6 Å². The van der Waals surface area contributed by atoms with E-state index in [1.807, 2.05) is 0 Å². The molecule has 0 heterocycles. The standard InChI is InChI=1S/C13H18O3/c1-10-5-6-12(11(2)8-10)9-16-7-3-4-13(14)15/h5-6,8H,3-4,7,9H2,1-2H3,(H,14,15). The molecule has 3 heteroatoms. The summed E-state index contributed by atoms with van der Waals surface area (Å²) in [5.74, 6) is -0.768. The number of hydrogen-bond acceptors (Lipinski definition) is 2. The number of hydrogen-bond donors (Lipinski definition) is 1. The molecule has 0 unspecified atom stereocenters. The molecule has 0 fully saturated rings. The highest BCUT2D eigenvalue weighted by molar-refractivity contribution is 5.66. The lowest BCUT2D eigenvalue weighted by atomic mass is 10.1. The summed E-state index contributed by atoms with van der Waals surface area (Å²) < 4.78 is 5.43. The molecule has 0 atom stereocenters. The third kappa shape index (κ3) is 4.45. The van der Waals surface area contributed by atoms with Crippen molar-refractivity contribution < 1.29 is 14.6 Å². The van der Waals surface area contributed by atoms with Gasteiger partial charge in [0.25, 0.3) is 0 Å². The van der Waals surface area contributed by atoms with E-state index in [0.717, 1.165) is 0 Å². The lowest BCUT2D eigenvalue weighted by Crippen LogP contribution is -2.01. The maximum absolute atomic E-state index is 10.3. The molecule has 1 aromatic carbocycles. The quantitative estimate of drug-likeness (QED) is 0.753. The van der Waals surface area contributed by atoms with Crippen LogP contribution in [0, 0.1) is 13.8 Å². The molecule has 0 aliphatic rings. The Balaban J connectivity index is 2.29. The van der Waals surface area contributed by atoms with Crippen LogP contribution in [0.4, 0.5) is 0 Å². The molecule has 3 nitrogen and oxygen atoms in total. The average Bonchev–Trinajstić information content (AvgIpc) is 2.20. The van der Waals surface area contributed by atoms with Crippen molar-refractivity contribution in [2.45, 2.75) is 33.3 Å². The lowest BCUT2D eigenvalue weighted by Gasteiger charge is -2.07. The second kappa shape index (κ2) is 6.28. The highest BCUT2D eigenvalue weighted by Crippen LogP contribution is 2.11. The van der Waals surface area contributed by atoms with Gasteiger partial charge in [0.2, 0.25) is 0 Å². The Bertz CT molecular complexity index is 358. The van der Waals surface area contributed by atoms with Crippen molar-refractivity contribution >= 4 is 5.97 Å². The summed E-state index contributed by atoms with van der Waals surface area (Å²) in [6.45, 7) is 5.18. The zero-order chi connectivity index (χ0) is 12.0. The molecule has 0 aliphatic carbocycles. The summed E-state index contributed by atoms with van der Waals surface area (Å²) in [6, 6.07) is 6.24. The summed E-state index contributed by atoms with van der Waals surface area (Å²) in [5.41, 5.74) is 3.63. The van der Waals surface area contributed by atoms with E-state index in [4.69, 9.17) is 9.84 Å². The predicted molar refractivity (Wildman–Crippen MR) is 62.4 cm³/mol. The molecule has 0 amide bonds. The highest BCUT2D eigenvalue weighted by atomic mass is 16.5. The summed E-state index contributed by atoms with van der Waals surface area (Å²) in [4.78, 5) is 10.3. The zero-order valence-corrected chi connectivity index (χ0v) is 9.82. The molecular formula is C13H18O3. The maximum Gasteiger partial charge on any atom is 0.303 e. The van der Waals surface area contributed by atoms with Crippen molar-refractivity contribution in [1.29, 1.82) is 0 Å². The van der Waals surface area contributed by atoms with Crippen LogP contribution in [-0.4, -0.2) is 17.7 Å². The second-order valence-corrected chi connectivity index (χ2v) is 3.98. The van der Waals surface area contributed by atoms with Gasteiger partial charge in [0.05, 0.1) is 6.61 Å². The van der Waals surface area contributed by atoms with Gasteiger partial charge in [-0.2, -0.15) is 0 Å². The number of aliphatic carboxylic acids is 1. The number of benzene rings is 1. The Morgan fingerprint density at radius 3 is 2.75 bits per heavy atom. The van der Waals surface area contributed by atoms with Crippen LogP contribution < -0.4 is 0 Å². The van der Waals surface area contributed by atoms with Crippen molar-refractivity contribution in [2.24, 2.45) is 0 Å². The molecule has 0 aromatic heterocycles. The van der Waals surface area contributed by atoms with Gasteiger partial charge in [-0.3, -0.25) is 4.79 Å². The Labute approximate surface area is 96.1 Å². The van der Waals surface area contributed by atoms with Crippen LogP contribution in [0.5, 0.6) is 0 Å². The molecule has 0 bridgehead atoms. The van der Waals surface area contributed by atoms with E-state index in [9.17, 15) is 4.79 Å². The van der Waals surface area contributed by atoms with Gasteiger partial charge in [-0.05, 0) is 31.4 Å². The van der Waals surface area contributed by atoms with Crippen molar-refractivity contribution in [3.63, 3.8) is 0 Å². The van der Waals surface area contributed by atoms with Gasteiger partial charge in [0, 0.05) is 13.0 Å². The molecule has 16 heavy (non-hydrogen) atoms. The largest absolute Gasteiger partial charge is 0.481 e. The number of carboxylic acid groups (broad SMARTS) is 1. The average molecular weight is 222 g/mol. The van der Waals surface area contributed by atoms with Gasteiger partial charge in [-0.1, -0.05) is 23.8 Å². The van der Waals surface area contributed by atoms with E-state index in [-0.39, 0.29) is 6.42 Å². The predicted octanol–water partition coefficient (Wildman–Crippen LogP) is 2.68. The fourth-order valence-electron chi connectivity index (χ4n) is 1.52. The number of aryl methyl sites for hydroxylation is 2. The van der Waals surface area contributed by atoms with Crippen molar-refractivity contribution in [3.05, 3.63) is 34.9 Å². The van der Waals surface area contributed by atoms with E-state index < -0.39 is 5.97 Å². The van der Waals surface area contributed by atoms with Crippen LogP contribution in [-0.2, 0) is 16.1 Å². The van der Waals surface area contributed by atoms with E-state index in [2.05, 4.69) is 32.0 Å². The van der Waals surface area contributed by atoms with Gasteiger partial charge in [0.1, 0.15) is 0 Å². The highest BCUT2D eigenvalue weighted by Gasteiger charge is 2.00. The molecule has 1 N–H and O–H groups in total. The molecule has 0 spiro atoms. The molecule has 0 saturated heterocycles. The van der Waals surface area contributed by atoms with Gasteiger partial charge >= 0.3 is 5.97 Å². The minimum atomic E-state index is -0.768. The second-order valence-electron chi connectivity index (χ2n) is 3.98. The number of ether oxygens (including phenoxy) is 1. The summed E-state index contributed by atoms with van der Waals surface area (Å²) in [6.07, 6.45) is 0.743. The van der Waals surface area contributed by atoms with Crippen molar-refractivity contribution in [3.8, 4) is 0 Å². The third-order valence-corrected chi connectivity index (χ3v) is 2.43. The summed E-state index contributed by atoms with van der Waals surface area (Å²) in [5, 5.41) is 8.45. The Morgan fingerprint density at radius 2 is 2.12 bits per heavy atom. The zero-order valence-electron chi connectivity index (χ0n) is 9.82. The van der Waals surface area contributed by atoms with E-state index >= 15 is 0 Å².